The van der Waals surface area contributed by atoms with Gasteiger partial charge in [-0.2, -0.15) is 0 Å². The van der Waals surface area contributed by atoms with Crippen LogP contribution >= 0.6 is 0 Å². The van der Waals surface area contributed by atoms with Gasteiger partial charge >= 0.3 is 0 Å². The van der Waals surface area contributed by atoms with Crippen LogP contribution in [0.25, 0.3) is 0 Å². The van der Waals surface area contributed by atoms with Gasteiger partial charge < -0.3 is 9.63 Å². The lowest BCUT2D eigenvalue weighted by Gasteiger charge is -2.42. The minimum absolute atomic E-state index is 1.19. The monoisotopic (exact) mass is 354 g/mol. The molecule has 2 atom stereocenters. The average Bonchev–Trinajstić information content (AvgIpc) is 2.50. The molecule has 0 aromatic rings. The van der Waals surface area contributed by atoms with Crippen molar-refractivity contribution in [3.8, 4) is 0 Å². The van der Waals surface area contributed by atoms with Gasteiger partial charge in [0.2, 0.25) is 0 Å². The molecule has 4 heteroatoms. The topological polar surface area (TPSA) is 24.1 Å². The number of hydrogen-bond donors (Lipinski definition) is 2. The van der Waals surface area contributed by atoms with Crippen molar-refractivity contribution in [2.75, 3.05) is 6.54 Å². The van der Waals surface area contributed by atoms with Crippen LogP contribution in [0.4, 0.5) is 0 Å². The van der Waals surface area contributed by atoms with Crippen LogP contribution in [0.3, 0.4) is 0 Å². The quantitative estimate of drug-likeness (QED) is 0.273. The second-order valence-corrected chi connectivity index (χ2v) is 16.7. The molecule has 0 aromatic carbocycles. The van der Waals surface area contributed by atoms with Crippen LogP contribution in [0.15, 0.2) is 12.7 Å². The molecular weight excluding hydrogens is 312 g/mol. The molecule has 1 aliphatic rings. The van der Waals surface area contributed by atoms with Gasteiger partial charge in [-0.15, -0.1) is 6.58 Å². The Morgan fingerprint density at radius 2 is 1.70 bits per heavy atom. The molecule has 1 fully saturated rings. The highest BCUT2D eigenvalue weighted by atomic mass is 28.4. The first kappa shape index (κ1) is 21.1. The first-order valence-electron chi connectivity index (χ1n) is 10.2. The Labute approximate surface area is 148 Å². The Kier molecular flexibility index (Phi) is 10.7. The van der Waals surface area contributed by atoms with Gasteiger partial charge in [-0.3, -0.25) is 0 Å². The van der Waals surface area contributed by atoms with E-state index in [0.717, 1.165) is 0 Å². The Morgan fingerprint density at radius 3 is 2.43 bits per heavy atom. The van der Waals surface area contributed by atoms with Crippen LogP contribution in [0.2, 0.25) is 31.2 Å². The third-order valence-corrected chi connectivity index (χ3v) is 15.3. The molecule has 0 radical (unpaired) electrons. The van der Waals surface area contributed by atoms with E-state index in [2.05, 4.69) is 42.3 Å². The molecule has 0 aromatic heterocycles. The van der Waals surface area contributed by atoms with Gasteiger partial charge in [-0.25, -0.2) is 0 Å². The maximum atomic E-state index is 4.32. The van der Waals surface area contributed by atoms with E-state index >= 15 is 0 Å². The molecule has 1 heterocycles. The van der Waals surface area contributed by atoms with Crippen molar-refractivity contribution in [3.05, 3.63) is 12.7 Å². The van der Waals surface area contributed by atoms with Crippen LogP contribution in [0.5, 0.6) is 0 Å². The smallest absolute Gasteiger partial charge is 0.191 e. The summed E-state index contributed by atoms with van der Waals surface area (Å²) in [5.41, 5.74) is 0. The number of hydrogen-bond acceptors (Lipinski definition) is 2. The summed E-state index contributed by atoms with van der Waals surface area (Å²) in [7, 11) is -2.71. The number of nitrogens with one attached hydrogen (secondary N) is 2. The fourth-order valence-electron chi connectivity index (χ4n) is 4.00. The van der Waals surface area contributed by atoms with Gasteiger partial charge in [0, 0.05) is 0 Å². The molecule has 0 aliphatic carbocycles. The molecule has 2 unspecified atom stereocenters. The second-order valence-electron chi connectivity index (χ2n) is 8.10. The van der Waals surface area contributed by atoms with Crippen molar-refractivity contribution in [2.45, 2.75) is 102 Å². The van der Waals surface area contributed by atoms with Gasteiger partial charge in [0.05, 0.1) is 0 Å². The predicted molar refractivity (Wildman–Crippen MR) is 111 cm³/mol. The van der Waals surface area contributed by atoms with Gasteiger partial charge in [0.25, 0.3) is 0 Å². The Balaban J connectivity index is 2.49. The summed E-state index contributed by atoms with van der Waals surface area (Å²) >= 11 is 0. The fraction of sp³-hybridized carbons (Fsp3) is 0.895. The summed E-state index contributed by atoms with van der Waals surface area (Å²) in [6.45, 7) is 12.6. The van der Waals surface area contributed by atoms with Crippen molar-refractivity contribution < 1.29 is 0 Å². The Bertz CT molecular complexity index is 324. The molecular formula is C19H42N2Si2. The molecule has 1 rings (SSSR count). The minimum atomic E-state index is -1.44. The van der Waals surface area contributed by atoms with Crippen molar-refractivity contribution >= 4 is 16.6 Å². The van der Waals surface area contributed by atoms with Crippen LogP contribution in [0, 0.1) is 0 Å². The minimum Gasteiger partial charge on any atom is -0.347 e. The van der Waals surface area contributed by atoms with E-state index in [1.807, 2.05) is 0 Å². The van der Waals surface area contributed by atoms with Crippen LogP contribution in [-0.2, 0) is 0 Å². The standard InChI is InChI=1S/C19H42N2Si2/c1-5-7-9-11-14-19-23(4)20-16-12-15-18-22(3,21-23)17-13-10-8-6-2/h6,20-21H,2,5,7-19H2,1,3-4H3. The average molecular weight is 355 g/mol. The van der Waals surface area contributed by atoms with E-state index in [-0.39, 0.29) is 0 Å². The number of rotatable bonds is 11. The van der Waals surface area contributed by atoms with Crippen LogP contribution < -0.4 is 9.63 Å². The number of unbranched alkanes of at least 4 members (excludes halogenated alkanes) is 6. The zero-order valence-electron chi connectivity index (χ0n) is 16.2. The molecule has 2 N–H and O–H groups in total. The molecule has 23 heavy (non-hydrogen) atoms. The van der Waals surface area contributed by atoms with Gasteiger partial charge in [0.1, 0.15) is 8.24 Å². The largest absolute Gasteiger partial charge is 0.347 e. The fourth-order valence-corrected chi connectivity index (χ4v) is 15.4. The zero-order chi connectivity index (χ0) is 17.0. The molecule has 0 bridgehead atoms. The molecule has 0 saturated carbocycles. The van der Waals surface area contributed by atoms with E-state index in [0.29, 0.717) is 0 Å². The van der Waals surface area contributed by atoms with Crippen LogP contribution in [0.1, 0.15) is 71.1 Å². The third-order valence-electron chi connectivity index (χ3n) is 5.42. The normalized spacial score (nSPS) is 29.0. The summed E-state index contributed by atoms with van der Waals surface area (Å²) in [5, 5.41) is 0. The maximum Gasteiger partial charge on any atom is 0.191 e. The molecule has 0 amide bonds. The number of allylic oxidation sites excluding steroid dienone is 1. The van der Waals surface area contributed by atoms with Crippen molar-refractivity contribution in [1.29, 1.82) is 0 Å². The molecule has 2 nitrogen and oxygen atoms in total. The van der Waals surface area contributed by atoms with Gasteiger partial charge in [0.15, 0.2) is 8.40 Å². The van der Waals surface area contributed by atoms with E-state index in [4.69, 9.17) is 0 Å². The van der Waals surface area contributed by atoms with Gasteiger partial charge in [-0.1, -0.05) is 70.9 Å². The van der Waals surface area contributed by atoms with E-state index in [1.165, 1.54) is 88.9 Å². The highest BCUT2D eigenvalue weighted by Gasteiger charge is 2.37. The summed E-state index contributed by atoms with van der Waals surface area (Å²) in [6.07, 6.45) is 15.8. The van der Waals surface area contributed by atoms with Crippen LogP contribution in [-0.4, -0.2) is 23.2 Å². The summed E-state index contributed by atoms with van der Waals surface area (Å²) in [4.78, 5) is 3.99. The molecule has 1 aliphatic heterocycles. The highest BCUT2D eigenvalue weighted by Crippen LogP contribution is 2.25. The SMILES string of the molecule is C=CCCCC[Si]1(C)CCCCN[Si](C)(CCCCCCC)N1. The summed E-state index contributed by atoms with van der Waals surface area (Å²) in [6, 6.07) is 4.37. The maximum absolute atomic E-state index is 4.32. The lowest BCUT2D eigenvalue weighted by atomic mass is 10.2. The molecule has 1 saturated heterocycles. The molecule has 0 spiro atoms. The Hall–Kier alpha value is 0.0938. The zero-order valence-corrected chi connectivity index (χ0v) is 18.2. The first-order valence-corrected chi connectivity index (χ1v) is 15.8. The predicted octanol–water partition coefficient (Wildman–Crippen LogP) is 5.93. The summed E-state index contributed by atoms with van der Waals surface area (Å²) in [5.74, 6) is 0. The van der Waals surface area contributed by atoms with Crippen molar-refractivity contribution in [1.82, 2.24) is 9.63 Å². The summed E-state index contributed by atoms with van der Waals surface area (Å²) < 4.78 is 4.32. The van der Waals surface area contributed by atoms with Gasteiger partial charge in [-0.05, 0) is 44.1 Å². The highest BCUT2D eigenvalue weighted by molar-refractivity contribution is 6.91. The first-order chi connectivity index (χ1) is 11.0. The second kappa shape index (κ2) is 11.6. The van der Waals surface area contributed by atoms with E-state index in [1.54, 1.807) is 0 Å². The van der Waals surface area contributed by atoms with Crippen molar-refractivity contribution in [2.24, 2.45) is 0 Å². The van der Waals surface area contributed by atoms with E-state index in [9.17, 15) is 0 Å². The third kappa shape index (κ3) is 9.23. The van der Waals surface area contributed by atoms with E-state index < -0.39 is 16.6 Å². The lowest BCUT2D eigenvalue weighted by Crippen LogP contribution is -2.70. The lowest BCUT2D eigenvalue weighted by molar-refractivity contribution is 0.643. The van der Waals surface area contributed by atoms with Crippen molar-refractivity contribution in [3.63, 3.8) is 0 Å². The Morgan fingerprint density at radius 1 is 0.957 bits per heavy atom. The molecule has 136 valence electrons.